The van der Waals surface area contributed by atoms with Gasteiger partial charge in [-0.05, 0) is 38.5 Å². The fourth-order valence-corrected chi connectivity index (χ4v) is 2.32. The van der Waals surface area contributed by atoms with Crippen molar-refractivity contribution in [3.8, 4) is 11.3 Å². The molecule has 0 spiro atoms. The van der Waals surface area contributed by atoms with Crippen molar-refractivity contribution >= 4 is 11.6 Å². The first-order chi connectivity index (χ1) is 8.52. The van der Waals surface area contributed by atoms with Crippen molar-refractivity contribution in [2.24, 2.45) is 5.73 Å². The number of benzene rings is 1. The minimum atomic E-state index is 0.434. The summed E-state index contributed by atoms with van der Waals surface area (Å²) in [5.41, 5.74) is 10.8. The third-order valence-electron chi connectivity index (χ3n) is 2.97. The monoisotopic (exact) mass is 261 g/mol. The second-order valence-corrected chi connectivity index (χ2v) is 4.78. The molecular formula is C14H16ClN3. The molecule has 0 bridgehead atoms. The molecule has 2 rings (SSSR count). The average molecular weight is 262 g/mol. The Labute approximate surface area is 112 Å². The molecule has 1 aromatic carbocycles. The predicted molar refractivity (Wildman–Crippen MR) is 74.6 cm³/mol. The van der Waals surface area contributed by atoms with Crippen LogP contribution in [-0.2, 0) is 6.54 Å². The highest BCUT2D eigenvalue weighted by Crippen LogP contribution is 2.28. The molecular weight excluding hydrogens is 246 g/mol. The first-order valence-corrected chi connectivity index (χ1v) is 6.21. The van der Waals surface area contributed by atoms with Gasteiger partial charge in [0.25, 0.3) is 0 Å². The molecule has 18 heavy (non-hydrogen) atoms. The zero-order valence-electron chi connectivity index (χ0n) is 10.8. The van der Waals surface area contributed by atoms with Gasteiger partial charge in [-0.3, -0.25) is 0 Å². The molecule has 0 unspecified atom stereocenters. The Bertz CT molecular complexity index is 594. The van der Waals surface area contributed by atoms with E-state index in [-0.39, 0.29) is 0 Å². The van der Waals surface area contributed by atoms with Crippen molar-refractivity contribution in [2.45, 2.75) is 27.3 Å². The van der Waals surface area contributed by atoms with E-state index in [2.05, 4.69) is 9.97 Å². The van der Waals surface area contributed by atoms with Gasteiger partial charge in [0.2, 0.25) is 0 Å². The van der Waals surface area contributed by atoms with Crippen LogP contribution < -0.4 is 5.73 Å². The lowest BCUT2D eigenvalue weighted by Gasteiger charge is -2.13. The van der Waals surface area contributed by atoms with Crippen LogP contribution in [0.4, 0.5) is 0 Å². The number of rotatable bonds is 2. The standard InChI is InChI=1S/C14H16ClN3/c1-8-6-11(15)4-5-12(8)14-13(7-16)9(2)17-10(3)18-14/h4-6H,7,16H2,1-3H3. The lowest BCUT2D eigenvalue weighted by molar-refractivity contribution is 0.936. The highest BCUT2D eigenvalue weighted by atomic mass is 35.5. The number of nitrogens with zero attached hydrogens (tertiary/aromatic N) is 2. The van der Waals surface area contributed by atoms with E-state index in [0.717, 1.165) is 38.9 Å². The molecule has 0 amide bonds. The summed E-state index contributed by atoms with van der Waals surface area (Å²) in [4.78, 5) is 8.89. The van der Waals surface area contributed by atoms with Crippen molar-refractivity contribution < 1.29 is 0 Å². The van der Waals surface area contributed by atoms with E-state index < -0.39 is 0 Å². The van der Waals surface area contributed by atoms with Gasteiger partial charge in [-0.25, -0.2) is 9.97 Å². The van der Waals surface area contributed by atoms with Gasteiger partial charge in [-0.15, -0.1) is 0 Å². The minimum absolute atomic E-state index is 0.434. The van der Waals surface area contributed by atoms with Gasteiger partial charge in [0, 0.05) is 28.4 Å². The molecule has 0 aliphatic rings. The molecule has 0 fully saturated rings. The summed E-state index contributed by atoms with van der Waals surface area (Å²) < 4.78 is 0. The molecule has 0 saturated carbocycles. The zero-order valence-corrected chi connectivity index (χ0v) is 11.5. The number of hydrogen-bond acceptors (Lipinski definition) is 3. The third-order valence-corrected chi connectivity index (χ3v) is 3.21. The summed E-state index contributed by atoms with van der Waals surface area (Å²) >= 11 is 5.98. The molecule has 2 N–H and O–H groups in total. The molecule has 0 radical (unpaired) electrons. The van der Waals surface area contributed by atoms with Gasteiger partial charge in [-0.2, -0.15) is 0 Å². The molecule has 94 valence electrons. The van der Waals surface area contributed by atoms with Crippen LogP contribution >= 0.6 is 11.6 Å². The SMILES string of the molecule is Cc1nc(C)c(CN)c(-c2ccc(Cl)cc2C)n1. The van der Waals surface area contributed by atoms with Crippen molar-refractivity contribution in [3.63, 3.8) is 0 Å². The maximum atomic E-state index is 5.98. The van der Waals surface area contributed by atoms with Crippen LogP contribution in [0, 0.1) is 20.8 Å². The summed E-state index contributed by atoms with van der Waals surface area (Å²) in [5.74, 6) is 0.758. The summed E-state index contributed by atoms with van der Waals surface area (Å²) in [6, 6.07) is 5.79. The largest absolute Gasteiger partial charge is 0.326 e. The summed E-state index contributed by atoms with van der Waals surface area (Å²) in [5, 5.41) is 0.730. The normalized spacial score (nSPS) is 10.7. The maximum Gasteiger partial charge on any atom is 0.126 e. The lowest BCUT2D eigenvalue weighted by atomic mass is 10.0. The second kappa shape index (κ2) is 5.04. The van der Waals surface area contributed by atoms with E-state index in [4.69, 9.17) is 17.3 Å². The van der Waals surface area contributed by atoms with Crippen molar-refractivity contribution in [1.82, 2.24) is 9.97 Å². The summed E-state index contributed by atoms with van der Waals surface area (Å²) in [6.45, 7) is 6.31. The Morgan fingerprint density at radius 2 is 1.89 bits per heavy atom. The van der Waals surface area contributed by atoms with E-state index >= 15 is 0 Å². The van der Waals surface area contributed by atoms with Crippen molar-refractivity contribution in [3.05, 3.63) is 45.9 Å². The topological polar surface area (TPSA) is 51.8 Å². The number of aryl methyl sites for hydroxylation is 3. The van der Waals surface area contributed by atoms with Crippen molar-refractivity contribution in [2.75, 3.05) is 0 Å². The number of hydrogen-bond donors (Lipinski definition) is 1. The molecule has 3 nitrogen and oxygen atoms in total. The van der Waals surface area contributed by atoms with Crippen LogP contribution in [0.2, 0.25) is 5.02 Å². The molecule has 0 aliphatic heterocycles. The third kappa shape index (κ3) is 2.37. The summed E-state index contributed by atoms with van der Waals surface area (Å²) in [6.07, 6.45) is 0. The molecule has 0 atom stereocenters. The first-order valence-electron chi connectivity index (χ1n) is 5.83. The van der Waals surface area contributed by atoms with E-state index in [1.807, 2.05) is 39.0 Å². The first kappa shape index (κ1) is 13.0. The van der Waals surface area contributed by atoms with E-state index in [9.17, 15) is 0 Å². The van der Waals surface area contributed by atoms with E-state index in [1.54, 1.807) is 0 Å². The Hall–Kier alpha value is -1.45. The van der Waals surface area contributed by atoms with Crippen LogP contribution in [0.5, 0.6) is 0 Å². The Morgan fingerprint density at radius 3 is 2.50 bits per heavy atom. The van der Waals surface area contributed by atoms with Crippen LogP contribution in [0.15, 0.2) is 18.2 Å². The van der Waals surface area contributed by atoms with E-state index in [0.29, 0.717) is 6.54 Å². The lowest BCUT2D eigenvalue weighted by Crippen LogP contribution is -2.08. The van der Waals surface area contributed by atoms with Crippen LogP contribution in [0.3, 0.4) is 0 Å². The van der Waals surface area contributed by atoms with Gasteiger partial charge in [-0.1, -0.05) is 17.7 Å². The smallest absolute Gasteiger partial charge is 0.126 e. The Morgan fingerprint density at radius 1 is 1.17 bits per heavy atom. The predicted octanol–water partition coefficient (Wildman–Crippen LogP) is 3.18. The number of halogens is 1. The van der Waals surface area contributed by atoms with Crippen LogP contribution in [-0.4, -0.2) is 9.97 Å². The second-order valence-electron chi connectivity index (χ2n) is 4.35. The molecule has 0 saturated heterocycles. The number of nitrogens with two attached hydrogens (primary N) is 1. The van der Waals surface area contributed by atoms with Gasteiger partial charge in [0.05, 0.1) is 5.69 Å². The van der Waals surface area contributed by atoms with Gasteiger partial charge < -0.3 is 5.73 Å². The summed E-state index contributed by atoms with van der Waals surface area (Å²) in [7, 11) is 0. The van der Waals surface area contributed by atoms with Gasteiger partial charge >= 0.3 is 0 Å². The fraction of sp³-hybridized carbons (Fsp3) is 0.286. The zero-order chi connectivity index (χ0) is 13.3. The van der Waals surface area contributed by atoms with E-state index in [1.165, 1.54) is 0 Å². The quantitative estimate of drug-likeness (QED) is 0.903. The highest BCUT2D eigenvalue weighted by Gasteiger charge is 2.12. The Balaban J connectivity index is 2.69. The molecule has 2 aromatic rings. The molecule has 0 aliphatic carbocycles. The maximum absolute atomic E-state index is 5.98. The molecule has 1 heterocycles. The molecule has 4 heteroatoms. The van der Waals surface area contributed by atoms with Gasteiger partial charge in [0.1, 0.15) is 5.82 Å². The minimum Gasteiger partial charge on any atom is -0.326 e. The van der Waals surface area contributed by atoms with Gasteiger partial charge in [0.15, 0.2) is 0 Å². The van der Waals surface area contributed by atoms with Crippen molar-refractivity contribution in [1.29, 1.82) is 0 Å². The Kier molecular flexibility index (Phi) is 3.64. The number of aromatic nitrogens is 2. The van der Waals surface area contributed by atoms with Crippen LogP contribution in [0.25, 0.3) is 11.3 Å². The average Bonchev–Trinajstić information content (AvgIpc) is 2.28. The molecule has 1 aromatic heterocycles. The van der Waals surface area contributed by atoms with Crippen LogP contribution in [0.1, 0.15) is 22.6 Å². The highest BCUT2D eigenvalue weighted by molar-refractivity contribution is 6.30. The fourth-order valence-electron chi connectivity index (χ4n) is 2.10.